The Morgan fingerprint density at radius 2 is 1.36 bits per heavy atom. The zero-order valence-electron chi connectivity index (χ0n) is 18.3. The molecule has 1 saturated heterocycles. The highest BCUT2D eigenvalue weighted by Crippen LogP contribution is 2.19. The molecule has 1 fully saturated rings. The molecule has 1 aliphatic heterocycles. The van der Waals surface area contributed by atoms with E-state index in [1.165, 1.54) is 0 Å². The molecule has 6 nitrogen and oxygen atoms in total. The number of hydrogen-bond acceptors (Lipinski definition) is 4. The largest absolute Gasteiger partial charge is 0.460 e. The number of nitrogens with one attached hydrogen (secondary N) is 1. The third kappa shape index (κ3) is 5.86. The molecule has 0 radical (unpaired) electrons. The first kappa shape index (κ1) is 22.3. The van der Waals surface area contributed by atoms with Gasteiger partial charge < -0.3 is 15.0 Å². The van der Waals surface area contributed by atoms with Crippen molar-refractivity contribution in [2.45, 2.75) is 19.4 Å². The van der Waals surface area contributed by atoms with Gasteiger partial charge >= 0.3 is 5.97 Å². The van der Waals surface area contributed by atoms with Gasteiger partial charge in [-0.25, -0.2) is 0 Å². The van der Waals surface area contributed by atoms with Crippen molar-refractivity contribution in [3.05, 3.63) is 95.6 Å². The smallest absolute Gasteiger partial charge is 0.325 e. The molecule has 33 heavy (non-hydrogen) atoms. The number of esters is 1. The topological polar surface area (TPSA) is 75.7 Å². The molecule has 0 bridgehead atoms. The van der Waals surface area contributed by atoms with Crippen LogP contribution < -0.4 is 5.32 Å². The first-order valence-electron chi connectivity index (χ1n) is 11.1. The lowest BCUT2D eigenvalue weighted by molar-refractivity contribution is -0.143. The Bertz CT molecular complexity index is 1100. The Hall–Kier alpha value is -3.93. The van der Waals surface area contributed by atoms with Crippen molar-refractivity contribution in [3.8, 4) is 11.1 Å². The number of nitrogens with zero attached hydrogens (tertiary/aromatic N) is 1. The molecule has 4 rings (SSSR count). The monoisotopic (exact) mass is 442 g/mol. The van der Waals surface area contributed by atoms with Gasteiger partial charge in [0.2, 0.25) is 0 Å². The first-order chi connectivity index (χ1) is 16.1. The van der Waals surface area contributed by atoms with Crippen LogP contribution in [-0.4, -0.2) is 42.3 Å². The number of hydrogen-bond donors (Lipinski definition) is 1. The molecule has 0 unspecified atom stereocenters. The van der Waals surface area contributed by atoms with E-state index in [2.05, 4.69) is 5.32 Å². The molecular formula is C27H26N2O4. The summed E-state index contributed by atoms with van der Waals surface area (Å²) in [4.78, 5) is 38.6. The molecule has 1 aliphatic rings. The number of likely N-dealkylation sites (tertiary alicyclic amines) is 1. The second-order valence-electron chi connectivity index (χ2n) is 7.98. The summed E-state index contributed by atoms with van der Waals surface area (Å²) >= 11 is 0. The third-order valence-corrected chi connectivity index (χ3v) is 5.64. The minimum absolute atomic E-state index is 0.0376. The van der Waals surface area contributed by atoms with Crippen molar-refractivity contribution >= 4 is 17.8 Å². The summed E-state index contributed by atoms with van der Waals surface area (Å²) < 4.78 is 5.24. The van der Waals surface area contributed by atoms with E-state index in [0.29, 0.717) is 11.1 Å². The summed E-state index contributed by atoms with van der Waals surface area (Å²) in [6.07, 6.45) is 2.10. The fraction of sp³-hybridized carbons (Fsp3) is 0.222. The van der Waals surface area contributed by atoms with Crippen molar-refractivity contribution < 1.29 is 19.1 Å². The Balaban J connectivity index is 1.22. The van der Waals surface area contributed by atoms with Gasteiger partial charge in [-0.05, 0) is 53.8 Å². The van der Waals surface area contributed by atoms with Gasteiger partial charge in [0.1, 0.15) is 13.2 Å². The number of carbonyl (C=O) groups is 3. The molecule has 3 aromatic rings. The molecule has 0 aromatic heterocycles. The number of benzene rings is 3. The van der Waals surface area contributed by atoms with Crippen LogP contribution in [-0.2, 0) is 16.1 Å². The maximum absolute atomic E-state index is 12.4. The van der Waals surface area contributed by atoms with Gasteiger partial charge in [-0.1, -0.05) is 54.6 Å². The number of rotatable bonds is 7. The van der Waals surface area contributed by atoms with E-state index in [1.54, 1.807) is 36.4 Å². The molecule has 2 amide bonds. The van der Waals surface area contributed by atoms with E-state index in [-0.39, 0.29) is 25.0 Å². The number of amides is 2. The fourth-order valence-corrected chi connectivity index (χ4v) is 3.76. The Labute approximate surface area is 193 Å². The SMILES string of the molecule is O=C(CNC(=O)c1ccc(-c2ccccc2)cc1)OCc1ccc(C(=O)N2CCCC2)cc1. The summed E-state index contributed by atoms with van der Waals surface area (Å²) in [5, 5.41) is 2.59. The van der Waals surface area contributed by atoms with E-state index in [1.807, 2.05) is 47.4 Å². The average Bonchev–Trinajstić information content (AvgIpc) is 3.42. The van der Waals surface area contributed by atoms with E-state index >= 15 is 0 Å². The predicted molar refractivity (Wildman–Crippen MR) is 126 cm³/mol. The quantitative estimate of drug-likeness (QED) is 0.560. The molecular weight excluding hydrogens is 416 g/mol. The molecule has 6 heteroatoms. The van der Waals surface area contributed by atoms with Crippen LogP contribution in [0.25, 0.3) is 11.1 Å². The van der Waals surface area contributed by atoms with Crippen LogP contribution in [0.5, 0.6) is 0 Å². The number of ether oxygens (including phenoxy) is 1. The second-order valence-corrected chi connectivity index (χ2v) is 7.98. The zero-order chi connectivity index (χ0) is 23.0. The van der Waals surface area contributed by atoms with E-state index in [0.717, 1.165) is 42.6 Å². The molecule has 3 aromatic carbocycles. The molecule has 0 atom stereocenters. The lowest BCUT2D eigenvalue weighted by atomic mass is 10.0. The minimum Gasteiger partial charge on any atom is -0.460 e. The highest BCUT2D eigenvalue weighted by molar-refractivity contribution is 5.96. The Kier molecular flexibility index (Phi) is 7.15. The summed E-state index contributed by atoms with van der Waals surface area (Å²) in [5.41, 5.74) is 3.98. The van der Waals surface area contributed by atoms with E-state index < -0.39 is 5.97 Å². The lowest BCUT2D eigenvalue weighted by Gasteiger charge is -2.15. The molecule has 0 saturated carbocycles. The van der Waals surface area contributed by atoms with Crippen LogP contribution in [0, 0.1) is 0 Å². The van der Waals surface area contributed by atoms with Crippen LogP contribution >= 0.6 is 0 Å². The zero-order valence-corrected chi connectivity index (χ0v) is 18.3. The van der Waals surface area contributed by atoms with Gasteiger partial charge in [-0.15, -0.1) is 0 Å². The fourth-order valence-electron chi connectivity index (χ4n) is 3.76. The second kappa shape index (κ2) is 10.6. The maximum Gasteiger partial charge on any atom is 0.325 e. The summed E-state index contributed by atoms with van der Waals surface area (Å²) in [6.45, 7) is 1.48. The van der Waals surface area contributed by atoms with Crippen molar-refractivity contribution in [1.82, 2.24) is 10.2 Å². The average molecular weight is 443 g/mol. The number of carbonyl (C=O) groups excluding carboxylic acids is 3. The van der Waals surface area contributed by atoms with Gasteiger partial charge in [0, 0.05) is 24.2 Å². The van der Waals surface area contributed by atoms with Crippen molar-refractivity contribution in [3.63, 3.8) is 0 Å². The van der Waals surface area contributed by atoms with Crippen LogP contribution in [0.1, 0.15) is 39.1 Å². The van der Waals surface area contributed by atoms with E-state index in [4.69, 9.17) is 4.74 Å². The predicted octanol–water partition coefficient (Wildman–Crippen LogP) is 4.06. The third-order valence-electron chi connectivity index (χ3n) is 5.64. The van der Waals surface area contributed by atoms with Gasteiger partial charge in [-0.3, -0.25) is 14.4 Å². The van der Waals surface area contributed by atoms with Gasteiger partial charge in [-0.2, -0.15) is 0 Å². The van der Waals surface area contributed by atoms with E-state index in [9.17, 15) is 14.4 Å². The molecule has 0 spiro atoms. The van der Waals surface area contributed by atoms with Crippen molar-refractivity contribution in [2.24, 2.45) is 0 Å². The van der Waals surface area contributed by atoms with Crippen LogP contribution in [0.2, 0.25) is 0 Å². The Morgan fingerprint density at radius 3 is 2.03 bits per heavy atom. The summed E-state index contributed by atoms with van der Waals surface area (Å²) in [5.74, 6) is -0.826. The minimum atomic E-state index is -0.526. The van der Waals surface area contributed by atoms with Crippen LogP contribution in [0.3, 0.4) is 0 Å². The van der Waals surface area contributed by atoms with Gasteiger partial charge in [0.15, 0.2) is 0 Å². The molecule has 0 aliphatic carbocycles. The normalized spacial score (nSPS) is 12.9. The maximum atomic E-state index is 12.4. The first-order valence-corrected chi connectivity index (χ1v) is 11.1. The van der Waals surface area contributed by atoms with Gasteiger partial charge in [0.25, 0.3) is 11.8 Å². The highest BCUT2D eigenvalue weighted by Gasteiger charge is 2.19. The standard InChI is InChI=1S/C27H26N2O4/c30-25(33-19-20-8-10-24(11-9-20)27(32)29-16-4-5-17-29)18-28-26(31)23-14-12-22(13-15-23)21-6-2-1-3-7-21/h1-3,6-15H,4-5,16-19H2,(H,28,31). The van der Waals surface area contributed by atoms with Crippen LogP contribution in [0.4, 0.5) is 0 Å². The molecule has 1 heterocycles. The summed E-state index contributed by atoms with van der Waals surface area (Å²) in [6, 6.07) is 24.2. The summed E-state index contributed by atoms with van der Waals surface area (Å²) in [7, 11) is 0. The van der Waals surface area contributed by atoms with Gasteiger partial charge in [0.05, 0.1) is 0 Å². The molecule has 1 N–H and O–H groups in total. The Morgan fingerprint density at radius 1 is 0.758 bits per heavy atom. The lowest BCUT2D eigenvalue weighted by Crippen LogP contribution is -2.30. The highest BCUT2D eigenvalue weighted by atomic mass is 16.5. The molecule has 168 valence electrons. The van der Waals surface area contributed by atoms with Crippen molar-refractivity contribution in [1.29, 1.82) is 0 Å². The van der Waals surface area contributed by atoms with Crippen LogP contribution in [0.15, 0.2) is 78.9 Å². The van der Waals surface area contributed by atoms with Crippen molar-refractivity contribution in [2.75, 3.05) is 19.6 Å².